The summed E-state index contributed by atoms with van der Waals surface area (Å²) in [6.45, 7) is 2.60. The predicted molar refractivity (Wildman–Crippen MR) is 119 cm³/mol. The van der Waals surface area contributed by atoms with Gasteiger partial charge in [-0.15, -0.1) is 10.2 Å². The second-order valence-electron chi connectivity index (χ2n) is 7.52. The molecule has 0 bridgehead atoms. The zero-order valence-electron chi connectivity index (χ0n) is 18.1. The highest BCUT2D eigenvalue weighted by molar-refractivity contribution is 5.79. The van der Waals surface area contributed by atoms with E-state index >= 15 is 0 Å². The van der Waals surface area contributed by atoms with Gasteiger partial charge in [0.15, 0.2) is 17.3 Å². The van der Waals surface area contributed by atoms with Gasteiger partial charge in [-0.3, -0.25) is 4.79 Å². The molecule has 7 nitrogen and oxygen atoms in total. The van der Waals surface area contributed by atoms with Crippen molar-refractivity contribution in [1.82, 2.24) is 15.1 Å². The van der Waals surface area contributed by atoms with Crippen molar-refractivity contribution in [2.45, 2.75) is 6.42 Å². The number of benzene rings is 2. The van der Waals surface area contributed by atoms with Gasteiger partial charge >= 0.3 is 0 Å². The fourth-order valence-corrected chi connectivity index (χ4v) is 3.73. The molecular formula is C24H25FN4O3. The van der Waals surface area contributed by atoms with Gasteiger partial charge in [-0.05, 0) is 54.1 Å². The van der Waals surface area contributed by atoms with Gasteiger partial charge in [0.05, 0.1) is 26.3 Å². The minimum Gasteiger partial charge on any atom is -0.493 e. The molecule has 1 fully saturated rings. The molecule has 0 N–H and O–H groups in total. The molecule has 1 amide bonds. The summed E-state index contributed by atoms with van der Waals surface area (Å²) < 4.78 is 23.7. The zero-order valence-corrected chi connectivity index (χ0v) is 18.1. The summed E-state index contributed by atoms with van der Waals surface area (Å²) in [5.74, 6) is 1.82. The third kappa shape index (κ3) is 4.80. The van der Waals surface area contributed by atoms with E-state index in [1.165, 1.54) is 12.1 Å². The van der Waals surface area contributed by atoms with Crippen LogP contribution in [-0.4, -0.2) is 61.4 Å². The highest BCUT2D eigenvalue weighted by atomic mass is 19.1. The Morgan fingerprint density at radius 1 is 0.906 bits per heavy atom. The SMILES string of the molecule is COc1ccc(CC(=O)N2CCN(c3ccc(-c4ccc(F)cc4)nn3)CC2)cc1OC. The number of methoxy groups -OCH3 is 2. The quantitative estimate of drug-likeness (QED) is 0.591. The van der Waals surface area contributed by atoms with Crippen LogP contribution in [0.5, 0.6) is 11.5 Å². The standard InChI is InChI=1S/C24H25FN4O3/c1-31-21-9-3-17(15-22(21)32-2)16-24(30)29-13-11-28(12-14-29)23-10-8-20(26-27-23)18-4-6-19(25)7-5-18/h3-10,15H,11-14,16H2,1-2H3. The van der Waals surface area contributed by atoms with E-state index < -0.39 is 0 Å². The second kappa shape index (κ2) is 9.64. The first kappa shape index (κ1) is 21.5. The number of anilines is 1. The van der Waals surface area contributed by atoms with E-state index in [9.17, 15) is 9.18 Å². The molecule has 1 aromatic heterocycles. The monoisotopic (exact) mass is 436 g/mol. The van der Waals surface area contributed by atoms with Gasteiger partial charge in [0.25, 0.3) is 0 Å². The lowest BCUT2D eigenvalue weighted by Crippen LogP contribution is -2.49. The second-order valence-corrected chi connectivity index (χ2v) is 7.52. The van der Waals surface area contributed by atoms with E-state index in [0.29, 0.717) is 49.8 Å². The minimum absolute atomic E-state index is 0.0783. The summed E-state index contributed by atoms with van der Waals surface area (Å²) in [5.41, 5.74) is 2.39. The van der Waals surface area contributed by atoms with Crippen LogP contribution in [0.1, 0.15) is 5.56 Å². The van der Waals surface area contributed by atoms with E-state index in [1.54, 1.807) is 26.4 Å². The molecule has 0 unspecified atom stereocenters. The van der Waals surface area contributed by atoms with Gasteiger partial charge in [0, 0.05) is 31.7 Å². The number of halogens is 1. The molecule has 1 aliphatic heterocycles. The Labute approximate surface area is 186 Å². The predicted octanol–water partition coefficient (Wildman–Crippen LogP) is 3.19. The van der Waals surface area contributed by atoms with Crippen LogP contribution in [0.2, 0.25) is 0 Å². The topological polar surface area (TPSA) is 67.8 Å². The zero-order chi connectivity index (χ0) is 22.5. The van der Waals surface area contributed by atoms with Crippen LogP contribution >= 0.6 is 0 Å². The molecule has 0 aliphatic carbocycles. The van der Waals surface area contributed by atoms with Crippen LogP contribution in [0.15, 0.2) is 54.6 Å². The molecule has 0 spiro atoms. The maximum absolute atomic E-state index is 13.1. The maximum atomic E-state index is 13.1. The van der Waals surface area contributed by atoms with Crippen molar-refractivity contribution in [1.29, 1.82) is 0 Å². The lowest BCUT2D eigenvalue weighted by atomic mass is 10.1. The van der Waals surface area contributed by atoms with E-state index in [-0.39, 0.29) is 11.7 Å². The Balaban J connectivity index is 1.33. The Bertz CT molecular complexity index is 1070. The number of hydrogen-bond acceptors (Lipinski definition) is 6. The van der Waals surface area contributed by atoms with Gasteiger partial charge in [0.1, 0.15) is 5.82 Å². The molecule has 3 aromatic rings. The normalized spacial score (nSPS) is 13.7. The first-order chi connectivity index (χ1) is 15.6. The molecule has 2 aromatic carbocycles. The molecule has 0 radical (unpaired) electrons. The lowest BCUT2D eigenvalue weighted by Gasteiger charge is -2.35. The third-order valence-electron chi connectivity index (χ3n) is 5.55. The summed E-state index contributed by atoms with van der Waals surface area (Å²) in [6.07, 6.45) is 0.312. The summed E-state index contributed by atoms with van der Waals surface area (Å²) >= 11 is 0. The van der Waals surface area contributed by atoms with E-state index in [0.717, 1.165) is 16.9 Å². The molecule has 0 saturated carbocycles. The van der Waals surface area contributed by atoms with Crippen molar-refractivity contribution in [3.63, 3.8) is 0 Å². The number of carbonyl (C=O) groups excluding carboxylic acids is 1. The van der Waals surface area contributed by atoms with Crippen LogP contribution in [0.3, 0.4) is 0 Å². The third-order valence-corrected chi connectivity index (χ3v) is 5.55. The first-order valence-corrected chi connectivity index (χ1v) is 10.4. The highest BCUT2D eigenvalue weighted by Crippen LogP contribution is 2.28. The average molecular weight is 436 g/mol. The van der Waals surface area contributed by atoms with Gasteiger partial charge in [-0.1, -0.05) is 6.07 Å². The number of amides is 1. The van der Waals surface area contributed by atoms with E-state index in [1.807, 2.05) is 35.2 Å². The number of ether oxygens (including phenoxy) is 2. The number of nitrogens with zero attached hydrogens (tertiary/aromatic N) is 4. The van der Waals surface area contributed by atoms with Crippen LogP contribution in [-0.2, 0) is 11.2 Å². The summed E-state index contributed by atoms with van der Waals surface area (Å²) in [4.78, 5) is 16.8. The lowest BCUT2D eigenvalue weighted by molar-refractivity contribution is -0.130. The fourth-order valence-electron chi connectivity index (χ4n) is 3.73. The molecule has 1 saturated heterocycles. The van der Waals surface area contributed by atoms with E-state index in [4.69, 9.17) is 9.47 Å². The number of aromatic nitrogens is 2. The van der Waals surface area contributed by atoms with E-state index in [2.05, 4.69) is 15.1 Å². The van der Waals surface area contributed by atoms with Crippen LogP contribution in [0.4, 0.5) is 10.2 Å². The van der Waals surface area contributed by atoms with Crippen molar-refractivity contribution in [2.24, 2.45) is 0 Å². The van der Waals surface area contributed by atoms with Gasteiger partial charge < -0.3 is 19.3 Å². The summed E-state index contributed by atoms with van der Waals surface area (Å²) in [7, 11) is 3.17. The van der Waals surface area contributed by atoms with Crippen LogP contribution in [0, 0.1) is 5.82 Å². The summed E-state index contributed by atoms with van der Waals surface area (Å²) in [6, 6.07) is 15.5. The van der Waals surface area contributed by atoms with Crippen molar-refractivity contribution >= 4 is 11.7 Å². The molecule has 1 aliphatic rings. The first-order valence-electron chi connectivity index (χ1n) is 10.4. The molecule has 2 heterocycles. The van der Waals surface area contributed by atoms with Gasteiger partial charge in [-0.2, -0.15) is 0 Å². The molecule has 0 atom stereocenters. The van der Waals surface area contributed by atoms with Crippen LogP contribution in [0.25, 0.3) is 11.3 Å². The number of hydrogen-bond donors (Lipinski definition) is 0. The Hall–Kier alpha value is -3.68. The van der Waals surface area contributed by atoms with Crippen molar-refractivity contribution in [3.05, 3.63) is 66.0 Å². The number of piperazine rings is 1. The average Bonchev–Trinajstić information content (AvgIpc) is 2.84. The van der Waals surface area contributed by atoms with Crippen molar-refractivity contribution in [3.8, 4) is 22.8 Å². The smallest absolute Gasteiger partial charge is 0.227 e. The molecule has 166 valence electrons. The number of rotatable bonds is 6. The molecule has 4 rings (SSSR count). The van der Waals surface area contributed by atoms with Gasteiger partial charge in [-0.25, -0.2) is 4.39 Å². The van der Waals surface area contributed by atoms with Crippen molar-refractivity contribution < 1.29 is 18.7 Å². The Morgan fingerprint density at radius 2 is 1.62 bits per heavy atom. The maximum Gasteiger partial charge on any atom is 0.227 e. The minimum atomic E-state index is -0.281. The Kier molecular flexibility index (Phi) is 6.49. The molecule has 32 heavy (non-hydrogen) atoms. The molecule has 8 heteroatoms. The fraction of sp³-hybridized carbons (Fsp3) is 0.292. The largest absolute Gasteiger partial charge is 0.493 e. The Morgan fingerprint density at radius 3 is 2.25 bits per heavy atom. The van der Waals surface area contributed by atoms with Crippen LogP contribution < -0.4 is 14.4 Å². The van der Waals surface area contributed by atoms with Gasteiger partial charge in [0.2, 0.25) is 5.91 Å². The van der Waals surface area contributed by atoms with Crippen molar-refractivity contribution in [2.75, 3.05) is 45.3 Å². The molecular weight excluding hydrogens is 411 g/mol. The highest BCUT2D eigenvalue weighted by Gasteiger charge is 2.22. The summed E-state index contributed by atoms with van der Waals surface area (Å²) in [5, 5.41) is 8.60. The number of carbonyl (C=O) groups is 1.